The molecule has 5 heteroatoms. The van der Waals surface area contributed by atoms with E-state index in [1.165, 1.54) is 5.56 Å². The Morgan fingerprint density at radius 2 is 2.16 bits per heavy atom. The third-order valence-corrected chi connectivity index (χ3v) is 4.80. The Bertz CT molecular complexity index is 486. The third kappa shape index (κ3) is 2.58. The van der Waals surface area contributed by atoms with Crippen LogP contribution in [0.2, 0.25) is 0 Å². The summed E-state index contributed by atoms with van der Waals surface area (Å²) in [5.74, 6) is 2.41. The van der Waals surface area contributed by atoms with Gasteiger partial charge in [0, 0.05) is 43.0 Å². The fourth-order valence-corrected chi connectivity index (χ4v) is 3.66. The lowest BCUT2D eigenvalue weighted by atomic mass is 9.97. The van der Waals surface area contributed by atoms with Gasteiger partial charge in [0.2, 0.25) is 5.91 Å². The van der Waals surface area contributed by atoms with Crippen LogP contribution in [-0.2, 0) is 11.2 Å². The maximum Gasteiger partial charge on any atom is 0.242 e. The molecule has 2 aliphatic rings. The second-order valence-corrected chi connectivity index (χ2v) is 6.20. The van der Waals surface area contributed by atoms with Gasteiger partial charge in [-0.05, 0) is 24.1 Å². The lowest BCUT2D eigenvalue weighted by Crippen LogP contribution is -2.50. The van der Waals surface area contributed by atoms with Gasteiger partial charge in [-0.3, -0.25) is 9.69 Å². The van der Waals surface area contributed by atoms with Gasteiger partial charge in [-0.25, -0.2) is 0 Å². The average Bonchev–Trinajstić information content (AvgIpc) is 2.47. The normalized spacial score (nSPS) is 23.6. The lowest BCUT2D eigenvalue weighted by Gasteiger charge is -2.36. The molecule has 0 spiro atoms. The highest BCUT2D eigenvalue weighted by Crippen LogP contribution is 2.28. The Kier molecular flexibility index (Phi) is 3.66. The van der Waals surface area contributed by atoms with Crippen LogP contribution < -0.4 is 10.6 Å². The summed E-state index contributed by atoms with van der Waals surface area (Å²) in [4.78, 5) is 14.6. The topological polar surface area (TPSA) is 44.4 Å². The van der Waals surface area contributed by atoms with Gasteiger partial charge in [0.25, 0.3) is 0 Å². The van der Waals surface area contributed by atoms with E-state index in [2.05, 4.69) is 27.7 Å². The summed E-state index contributed by atoms with van der Waals surface area (Å²) in [6.45, 7) is 2.04. The smallest absolute Gasteiger partial charge is 0.242 e. The maximum absolute atomic E-state index is 12.3. The van der Waals surface area contributed by atoms with Gasteiger partial charge in [-0.15, -0.1) is 0 Å². The standard InChI is InChI=1S/C14H19N3OS/c1-15-11-3-2-10-8-13(14(18)16-12(10)9-11)17-4-6-19-7-5-17/h2-3,9,13,15H,4-8H2,1H3,(H,16,18). The van der Waals surface area contributed by atoms with E-state index in [0.717, 1.165) is 42.4 Å². The molecular weight excluding hydrogens is 258 g/mol. The van der Waals surface area contributed by atoms with Gasteiger partial charge in [0.1, 0.15) is 0 Å². The Hall–Kier alpha value is -1.20. The van der Waals surface area contributed by atoms with Crippen molar-refractivity contribution in [1.82, 2.24) is 4.90 Å². The third-order valence-electron chi connectivity index (χ3n) is 3.86. The number of rotatable bonds is 2. The summed E-state index contributed by atoms with van der Waals surface area (Å²) in [6, 6.07) is 6.20. The van der Waals surface area contributed by atoms with Crippen LogP contribution in [-0.4, -0.2) is 48.5 Å². The molecule has 0 radical (unpaired) electrons. The maximum atomic E-state index is 12.3. The molecule has 0 aromatic heterocycles. The number of carbonyl (C=O) groups is 1. The van der Waals surface area contributed by atoms with E-state index >= 15 is 0 Å². The quantitative estimate of drug-likeness (QED) is 0.862. The molecule has 102 valence electrons. The van der Waals surface area contributed by atoms with Crippen molar-refractivity contribution in [3.05, 3.63) is 23.8 Å². The van der Waals surface area contributed by atoms with Crippen molar-refractivity contribution in [2.24, 2.45) is 0 Å². The number of thioether (sulfide) groups is 1. The minimum atomic E-state index is 0.00818. The van der Waals surface area contributed by atoms with Crippen molar-refractivity contribution < 1.29 is 4.79 Å². The predicted octanol–water partition coefficient (Wildman–Crippen LogP) is 1.64. The van der Waals surface area contributed by atoms with Gasteiger partial charge >= 0.3 is 0 Å². The van der Waals surface area contributed by atoms with Crippen LogP contribution in [0.3, 0.4) is 0 Å². The van der Waals surface area contributed by atoms with E-state index in [1.54, 1.807) is 0 Å². The number of amides is 1. The van der Waals surface area contributed by atoms with Crippen molar-refractivity contribution in [1.29, 1.82) is 0 Å². The molecule has 4 nitrogen and oxygen atoms in total. The first-order chi connectivity index (χ1) is 9.28. The molecule has 1 atom stereocenters. The Balaban J connectivity index is 1.81. The van der Waals surface area contributed by atoms with E-state index in [0.29, 0.717) is 0 Å². The van der Waals surface area contributed by atoms with E-state index < -0.39 is 0 Å². The second kappa shape index (κ2) is 5.43. The fourth-order valence-electron chi connectivity index (χ4n) is 2.73. The molecule has 0 saturated carbocycles. The second-order valence-electron chi connectivity index (χ2n) is 4.98. The van der Waals surface area contributed by atoms with Crippen molar-refractivity contribution >= 4 is 29.0 Å². The Morgan fingerprint density at radius 1 is 1.37 bits per heavy atom. The van der Waals surface area contributed by atoms with Crippen molar-refractivity contribution in [2.45, 2.75) is 12.5 Å². The first kappa shape index (κ1) is 12.8. The molecule has 2 aliphatic heterocycles. The highest BCUT2D eigenvalue weighted by molar-refractivity contribution is 7.99. The van der Waals surface area contributed by atoms with Gasteiger partial charge < -0.3 is 10.6 Å². The minimum absolute atomic E-state index is 0.00818. The number of hydrogen-bond donors (Lipinski definition) is 2. The molecule has 3 rings (SSSR count). The zero-order valence-corrected chi connectivity index (χ0v) is 11.9. The molecular formula is C14H19N3OS. The van der Waals surface area contributed by atoms with Gasteiger partial charge in [0.05, 0.1) is 6.04 Å². The molecule has 2 N–H and O–H groups in total. The predicted molar refractivity (Wildman–Crippen MR) is 81.0 cm³/mol. The van der Waals surface area contributed by atoms with E-state index in [9.17, 15) is 4.79 Å². The first-order valence-corrected chi connectivity index (χ1v) is 7.87. The van der Waals surface area contributed by atoms with Crippen LogP contribution in [0, 0.1) is 0 Å². The highest BCUT2D eigenvalue weighted by Gasteiger charge is 2.31. The zero-order valence-electron chi connectivity index (χ0n) is 11.1. The number of anilines is 2. The molecule has 2 heterocycles. The molecule has 1 saturated heterocycles. The molecule has 0 bridgehead atoms. The number of fused-ring (bicyclic) bond motifs is 1. The van der Waals surface area contributed by atoms with Gasteiger partial charge in [0.15, 0.2) is 0 Å². The molecule has 1 aromatic rings. The summed E-state index contributed by atoms with van der Waals surface area (Å²) in [6.07, 6.45) is 0.829. The van der Waals surface area contributed by atoms with E-state index in [1.807, 2.05) is 24.9 Å². The average molecular weight is 277 g/mol. The van der Waals surface area contributed by atoms with Gasteiger partial charge in [-0.2, -0.15) is 11.8 Å². The molecule has 1 amide bonds. The van der Waals surface area contributed by atoms with Crippen LogP contribution in [0.5, 0.6) is 0 Å². The van der Waals surface area contributed by atoms with Crippen LogP contribution in [0.25, 0.3) is 0 Å². The summed E-state index contributed by atoms with van der Waals surface area (Å²) in [7, 11) is 1.89. The Morgan fingerprint density at radius 3 is 2.89 bits per heavy atom. The molecule has 1 aromatic carbocycles. The molecule has 19 heavy (non-hydrogen) atoms. The Labute approximate surface area is 117 Å². The van der Waals surface area contributed by atoms with Gasteiger partial charge in [-0.1, -0.05) is 6.07 Å². The minimum Gasteiger partial charge on any atom is -0.388 e. The monoisotopic (exact) mass is 277 g/mol. The van der Waals surface area contributed by atoms with Crippen molar-refractivity contribution in [3.63, 3.8) is 0 Å². The molecule has 1 unspecified atom stereocenters. The number of nitrogens with one attached hydrogen (secondary N) is 2. The van der Waals surface area contributed by atoms with Crippen molar-refractivity contribution in [2.75, 3.05) is 42.3 Å². The fraction of sp³-hybridized carbons (Fsp3) is 0.500. The summed E-state index contributed by atoms with van der Waals surface area (Å²) in [5, 5.41) is 6.16. The largest absolute Gasteiger partial charge is 0.388 e. The van der Waals surface area contributed by atoms with Crippen LogP contribution in [0.1, 0.15) is 5.56 Å². The van der Waals surface area contributed by atoms with E-state index in [4.69, 9.17) is 0 Å². The zero-order chi connectivity index (χ0) is 13.2. The highest BCUT2D eigenvalue weighted by atomic mass is 32.2. The molecule has 0 aliphatic carbocycles. The van der Waals surface area contributed by atoms with E-state index in [-0.39, 0.29) is 11.9 Å². The summed E-state index contributed by atoms with van der Waals surface area (Å²) < 4.78 is 0. The number of hydrogen-bond acceptors (Lipinski definition) is 4. The van der Waals surface area contributed by atoms with Crippen LogP contribution in [0.15, 0.2) is 18.2 Å². The number of nitrogens with zero attached hydrogens (tertiary/aromatic N) is 1. The number of carbonyl (C=O) groups excluding carboxylic acids is 1. The van der Waals surface area contributed by atoms with Crippen molar-refractivity contribution in [3.8, 4) is 0 Å². The molecule has 1 fully saturated rings. The first-order valence-electron chi connectivity index (χ1n) is 6.71. The summed E-state index contributed by atoms with van der Waals surface area (Å²) >= 11 is 1.97. The SMILES string of the molecule is CNc1ccc2c(c1)NC(=O)C(N1CCSCC1)C2. The summed E-state index contributed by atoms with van der Waals surface area (Å²) in [5.41, 5.74) is 3.23. The van der Waals surface area contributed by atoms with Crippen LogP contribution >= 0.6 is 11.8 Å². The van der Waals surface area contributed by atoms with Crippen LogP contribution in [0.4, 0.5) is 11.4 Å². The lowest BCUT2D eigenvalue weighted by molar-refractivity contribution is -0.121. The number of benzene rings is 1.